The Labute approximate surface area is 171 Å². The Bertz CT molecular complexity index is 1280. The SMILES string of the molecule is CCOC(=O)c1cc2c3ccccc3n(Cc3cc([N+](=O)[O-])ccc3OC)c2cn1. The molecule has 2 aromatic carbocycles. The summed E-state index contributed by atoms with van der Waals surface area (Å²) in [5.74, 6) is 0.0826. The molecule has 4 aromatic rings. The highest BCUT2D eigenvalue weighted by atomic mass is 16.6. The molecular weight excluding hydrogens is 386 g/mol. The fourth-order valence-electron chi connectivity index (χ4n) is 3.60. The first-order valence-corrected chi connectivity index (χ1v) is 9.39. The maximum atomic E-state index is 12.1. The largest absolute Gasteiger partial charge is 0.496 e. The van der Waals surface area contributed by atoms with Gasteiger partial charge in [0.05, 0.1) is 36.9 Å². The lowest BCUT2D eigenvalue weighted by molar-refractivity contribution is -0.384. The molecule has 0 atom stereocenters. The maximum Gasteiger partial charge on any atom is 0.356 e. The topological polar surface area (TPSA) is 96.5 Å². The van der Waals surface area contributed by atoms with Gasteiger partial charge in [0, 0.05) is 34.0 Å². The summed E-state index contributed by atoms with van der Waals surface area (Å²) < 4.78 is 12.5. The van der Waals surface area contributed by atoms with Gasteiger partial charge in [-0.15, -0.1) is 0 Å². The molecule has 30 heavy (non-hydrogen) atoms. The molecule has 0 aliphatic rings. The van der Waals surface area contributed by atoms with Crippen LogP contribution >= 0.6 is 0 Å². The van der Waals surface area contributed by atoms with E-state index in [1.807, 2.05) is 28.8 Å². The normalized spacial score (nSPS) is 11.0. The number of ether oxygens (including phenoxy) is 2. The molecule has 4 rings (SSSR count). The van der Waals surface area contributed by atoms with Crippen LogP contribution in [0.5, 0.6) is 5.75 Å². The number of carbonyl (C=O) groups is 1. The van der Waals surface area contributed by atoms with Crippen molar-refractivity contribution in [2.75, 3.05) is 13.7 Å². The monoisotopic (exact) mass is 405 g/mol. The van der Waals surface area contributed by atoms with Crippen LogP contribution in [0.25, 0.3) is 21.8 Å². The third kappa shape index (κ3) is 3.32. The summed E-state index contributed by atoms with van der Waals surface area (Å²) in [6.07, 6.45) is 1.63. The number of esters is 1. The first-order chi connectivity index (χ1) is 14.5. The number of hydrogen-bond acceptors (Lipinski definition) is 6. The second kappa shape index (κ2) is 7.82. The van der Waals surface area contributed by atoms with Gasteiger partial charge in [-0.05, 0) is 25.1 Å². The van der Waals surface area contributed by atoms with E-state index in [9.17, 15) is 14.9 Å². The average molecular weight is 405 g/mol. The zero-order chi connectivity index (χ0) is 21.3. The summed E-state index contributed by atoms with van der Waals surface area (Å²) in [4.78, 5) is 27.2. The lowest BCUT2D eigenvalue weighted by Gasteiger charge is -2.11. The first kappa shape index (κ1) is 19.4. The van der Waals surface area contributed by atoms with Gasteiger partial charge in [0.25, 0.3) is 5.69 Å². The number of fused-ring (bicyclic) bond motifs is 3. The van der Waals surface area contributed by atoms with Crippen molar-refractivity contribution in [1.82, 2.24) is 9.55 Å². The maximum absolute atomic E-state index is 12.1. The summed E-state index contributed by atoms with van der Waals surface area (Å²) in [6.45, 7) is 2.36. The van der Waals surface area contributed by atoms with Crippen molar-refractivity contribution in [3.8, 4) is 5.75 Å². The number of pyridine rings is 1. The highest BCUT2D eigenvalue weighted by Gasteiger charge is 2.18. The predicted octanol–water partition coefficient (Wildman–Crippen LogP) is 4.33. The number of aromatic nitrogens is 2. The van der Waals surface area contributed by atoms with Crippen molar-refractivity contribution in [2.45, 2.75) is 13.5 Å². The van der Waals surface area contributed by atoms with Gasteiger partial charge < -0.3 is 14.0 Å². The fraction of sp³-hybridized carbons (Fsp3) is 0.182. The van der Waals surface area contributed by atoms with Crippen LogP contribution in [-0.4, -0.2) is 34.2 Å². The summed E-state index contributed by atoms with van der Waals surface area (Å²) in [5, 5.41) is 13.0. The third-order valence-corrected chi connectivity index (χ3v) is 4.95. The van der Waals surface area contributed by atoms with Gasteiger partial charge >= 0.3 is 5.97 Å². The van der Waals surface area contributed by atoms with Gasteiger partial charge in [-0.2, -0.15) is 0 Å². The van der Waals surface area contributed by atoms with Crippen LogP contribution < -0.4 is 4.74 Å². The molecule has 0 amide bonds. The molecule has 2 heterocycles. The zero-order valence-electron chi connectivity index (χ0n) is 16.5. The molecule has 0 radical (unpaired) electrons. The summed E-state index contributed by atoms with van der Waals surface area (Å²) >= 11 is 0. The Morgan fingerprint density at radius 1 is 1.13 bits per heavy atom. The fourth-order valence-corrected chi connectivity index (χ4v) is 3.60. The van der Waals surface area contributed by atoms with Crippen molar-refractivity contribution >= 4 is 33.5 Å². The molecule has 0 saturated carbocycles. The quantitative estimate of drug-likeness (QED) is 0.269. The van der Waals surface area contributed by atoms with E-state index in [2.05, 4.69) is 4.98 Å². The van der Waals surface area contributed by atoms with Gasteiger partial charge in [-0.3, -0.25) is 10.1 Å². The Morgan fingerprint density at radius 3 is 2.67 bits per heavy atom. The lowest BCUT2D eigenvalue weighted by Crippen LogP contribution is -2.07. The molecule has 0 saturated heterocycles. The van der Waals surface area contributed by atoms with Gasteiger partial charge in [0.1, 0.15) is 11.4 Å². The summed E-state index contributed by atoms with van der Waals surface area (Å²) in [5.41, 5.74) is 2.62. The number of nitro benzene ring substituents is 1. The van der Waals surface area contributed by atoms with E-state index in [1.165, 1.54) is 19.2 Å². The van der Waals surface area contributed by atoms with E-state index in [-0.39, 0.29) is 18.0 Å². The highest BCUT2D eigenvalue weighted by molar-refractivity contribution is 6.09. The number of nitro groups is 1. The second-order valence-corrected chi connectivity index (χ2v) is 6.66. The molecule has 0 unspecified atom stereocenters. The predicted molar refractivity (Wildman–Crippen MR) is 112 cm³/mol. The molecule has 2 aromatic heterocycles. The smallest absolute Gasteiger partial charge is 0.356 e. The van der Waals surface area contributed by atoms with Gasteiger partial charge in [-0.1, -0.05) is 18.2 Å². The van der Waals surface area contributed by atoms with Gasteiger partial charge in [0.15, 0.2) is 0 Å². The van der Waals surface area contributed by atoms with Crippen LogP contribution in [0.15, 0.2) is 54.7 Å². The Hall–Kier alpha value is -3.94. The van der Waals surface area contributed by atoms with Crippen LogP contribution in [-0.2, 0) is 11.3 Å². The van der Waals surface area contributed by atoms with E-state index in [0.29, 0.717) is 17.9 Å². The number of para-hydroxylation sites is 1. The Morgan fingerprint density at radius 2 is 1.93 bits per heavy atom. The van der Waals surface area contributed by atoms with Crippen molar-refractivity contribution < 1.29 is 19.2 Å². The molecule has 8 nitrogen and oxygen atoms in total. The van der Waals surface area contributed by atoms with Crippen molar-refractivity contribution in [3.05, 3.63) is 76.1 Å². The Kier molecular flexibility index (Phi) is 5.05. The number of nitrogens with zero attached hydrogens (tertiary/aromatic N) is 3. The van der Waals surface area contributed by atoms with Gasteiger partial charge in [0.2, 0.25) is 0 Å². The molecule has 0 aliphatic heterocycles. The minimum absolute atomic E-state index is 0.00529. The second-order valence-electron chi connectivity index (χ2n) is 6.66. The highest BCUT2D eigenvalue weighted by Crippen LogP contribution is 2.32. The number of rotatable bonds is 6. The van der Waals surface area contributed by atoms with Crippen LogP contribution in [0.4, 0.5) is 5.69 Å². The average Bonchev–Trinajstić information content (AvgIpc) is 3.07. The molecule has 8 heteroatoms. The van der Waals surface area contributed by atoms with Crippen LogP contribution in [0.3, 0.4) is 0 Å². The molecule has 0 aliphatic carbocycles. The van der Waals surface area contributed by atoms with Gasteiger partial charge in [-0.25, -0.2) is 9.78 Å². The Balaban J connectivity index is 1.90. The van der Waals surface area contributed by atoms with Crippen LogP contribution in [0, 0.1) is 10.1 Å². The standard InChI is InChI=1S/C22H19N3O5/c1-3-30-22(26)18-11-17-16-6-4-5-7-19(16)24(20(17)12-23-18)13-14-10-15(25(27)28)8-9-21(14)29-2/h4-12H,3,13H2,1-2H3. The first-order valence-electron chi connectivity index (χ1n) is 9.39. The molecule has 0 spiro atoms. The summed E-state index contributed by atoms with van der Waals surface area (Å²) in [7, 11) is 1.53. The third-order valence-electron chi connectivity index (χ3n) is 4.95. The summed E-state index contributed by atoms with van der Waals surface area (Å²) in [6, 6.07) is 14.0. The number of methoxy groups -OCH3 is 1. The minimum atomic E-state index is -0.475. The van der Waals surface area contributed by atoms with Crippen molar-refractivity contribution in [3.63, 3.8) is 0 Å². The molecule has 152 valence electrons. The molecule has 0 bridgehead atoms. The van der Waals surface area contributed by atoms with E-state index >= 15 is 0 Å². The minimum Gasteiger partial charge on any atom is -0.496 e. The van der Waals surface area contributed by atoms with Crippen LogP contribution in [0.1, 0.15) is 23.0 Å². The number of benzene rings is 2. The molecular formula is C22H19N3O5. The van der Waals surface area contributed by atoms with E-state index in [4.69, 9.17) is 9.47 Å². The number of non-ortho nitro benzene ring substituents is 1. The number of carbonyl (C=O) groups excluding carboxylic acids is 1. The number of hydrogen-bond donors (Lipinski definition) is 0. The van der Waals surface area contributed by atoms with E-state index < -0.39 is 10.9 Å². The van der Waals surface area contributed by atoms with E-state index in [1.54, 1.807) is 25.3 Å². The molecule has 0 N–H and O–H groups in total. The van der Waals surface area contributed by atoms with E-state index in [0.717, 1.165) is 21.8 Å². The van der Waals surface area contributed by atoms with Crippen LogP contribution in [0.2, 0.25) is 0 Å². The molecule has 0 fully saturated rings. The lowest BCUT2D eigenvalue weighted by atomic mass is 10.1. The zero-order valence-corrected chi connectivity index (χ0v) is 16.5. The van der Waals surface area contributed by atoms with Crippen molar-refractivity contribution in [1.29, 1.82) is 0 Å². The van der Waals surface area contributed by atoms with Crippen molar-refractivity contribution in [2.24, 2.45) is 0 Å².